The number of aromatic amines is 1. The Labute approximate surface area is 121 Å². The van der Waals surface area contributed by atoms with Crippen molar-refractivity contribution in [2.45, 2.75) is 13.8 Å². The number of carbonyl (C=O) groups excluding carboxylic acids is 2. The van der Waals surface area contributed by atoms with Crippen molar-refractivity contribution in [2.75, 3.05) is 17.6 Å². The third kappa shape index (κ3) is 3.38. The van der Waals surface area contributed by atoms with E-state index in [0.717, 1.165) is 5.56 Å². The lowest BCUT2D eigenvalue weighted by atomic mass is 10.1. The van der Waals surface area contributed by atoms with Crippen molar-refractivity contribution in [3.8, 4) is 0 Å². The lowest BCUT2D eigenvalue weighted by Gasteiger charge is -2.09. The van der Waals surface area contributed by atoms with Gasteiger partial charge in [-0.15, -0.1) is 0 Å². The van der Waals surface area contributed by atoms with Gasteiger partial charge in [-0.1, -0.05) is 0 Å². The molecule has 0 saturated carbocycles. The molecule has 0 atom stereocenters. The molecule has 110 valence electrons. The Hall–Kier alpha value is -2.83. The number of nitrogens with one attached hydrogen (secondary N) is 3. The van der Waals surface area contributed by atoms with Gasteiger partial charge in [0.15, 0.2) is 0 Å². The number of nitrogens with zero attached hydrogens (tertiary/aromatic N) is 1. The first-order valence-electron chi connectivity index (χ1n) is 6.52. The smallest absolute Gasteiger partial charge is 0.273 e. The lowest BCUT2D eigenvalue weighted by Crippen LogP contribution is -2.22. The number of rotatable bonds is 4. The Morgan fingerprint density at radius 3 is 2.62 bits per heavy atom. The average molecular weight is 287 g/mol. The monoisotopic (exact) mass is 287 g/mol. The van der Waals surface area contributed by atoms with Gasteiger partial charge in [0.1, 0.15) is 11.5 Å². The van der Waals surface area contributed by atoms with Gasteiger partial charge in [-0.25, -0.2) is 0 Å². The summed E-state index contributed by atoms with van der Waals surface area (Å²) in [7, 11) is 0. The molecule has 1 heterocycles. The SMILES string of the molecule is CCNC(=O)c1ccc(NC(=O)c2cc(N)n[nH]2)c(C)c1. The van der Waals surface area contributed by atoms with Gasteiger partial charge in [-0.3, -0.25) is 14.7 Å². The highest BCUT2D eigenvalue weighted by molar-refractivity contribution is 6.04. The van der Waals surface area contributed by atoms with Crippen LogP contribution in [0.3, 0.4) is 0 Å². The van der Waals surface area contributed by atoms with Gasteiger partial charge < -0.3 is 16.4 Å². The number of anilines is 2. The molecule has 0 radical (unpaired) electrons. The van der Waals surface area contributed by atoms with Crippen molar-refractivity contribution in [3.63, 3.8) is 0 Å². The molecule has 0 aliphatic heterocycles. The van der Waals surface area contributed by atoms with Crippen LogP contribution in [0.25, 0.3) is 0 Å². The van der Waals surface area contributed by atoms with Crippen molar-refractivity contribution in [1.29, 1.82) is 0 Å². The first-order chi connectivity index (χ1) is 10.0. The maximum Gasteiger partial charge on any atom is 0.273 e. The topological polar surface area (TPSA) is 113 Å². The number of nitrogen functional groups attached to an aromatic ring is 1. The van der Waals surface area contributed by atoms with Crippen LogP contribution in [-0.2, 0) is 0 Å². The van der Waals surface area contributed by atoms with Crippen molar-refractivity contribution in [2.24, 2.45) is 0 Å². The molecule has 1 aromatic heterocycles. The van der Waals surface area contributed by atoms with Crippen LogP contribution in [0.2, 0.25) is 0 Å². The third-order valence-electron chi connectivity index (χ3n) is 2.92. The van der Waals surface area contributed by atoms with Gasteiger partial charge in [0.2, 0.25) is 0 Å². The largest absolute Gasteiger partial charge is 0.382 e. The maximum atomic E-state index is 12.0. The highest BCUT2D eigenvalue weighted by atomic mass is 16.2. The predicted octanol–water partition coefficient (Wildman–Crippen LogP) is 1.30. The van der Waals surface area contributed by atoms with Crippen LogP contribution in [0.5, 0.6) is 0 Å². The predicted molar refractivity (Wildman–Crippen MR) is 80.1 cm³/mol. The van der Waals surface area contributed by atoms with E-state index < -0.39 is 0 Å². The summed E-state index contributed by atoms with van der Waals surface area (Å²) in [6, 6.07) is 6.53. The van der Waals surface area contributed by atoms with E-state index in [1.807, 2.05) is 13.8 Å². The van der Waals surface area contributed by atoms with Gasteiger partial charge >= 0.3 is 0 Å². The summed E-state index contributed by atoms with van der Waals surface area (Å²) in [6.45, 7) is 4.24. The molecule has 2 amide bonds. The minimum absolute atomic E-state index is 0.139. The molecule has 0 saturated heterocycles. The Morgan fingerprint density at radius 2 is 2.05 bits per heavy atom. The second-order valence-electron chi connectivity index (χ2n) is 4.55. The van der Waals surface area contributed by atoms with Crippen LogP contribution in [0.15, 0.2) is 24.3 Å². The van der Waals surface area contributed by atoms with Gasteiger partial charge in [0.05, 0.1) is 0 Å². The highest BCUT2D eigenvalue weighted by Crippen LogP contribution is 2.17. The van der Waals surface area contributed by atoms with Gasteiger partial charge in [0.25, 0.3) is 11.8 Å². The second kappa shape index (κ2) is 6.08. The molecule has 7 nitrogen and oxygen atoms in total. The van der Waals surface area contributed by atoms with Crippen LogP contribution in [0, 0.1) is 6.92 Å². The quantitative estimate of drug-likeness (QED) is 0.678. The van der Waals surface area contributed by atoms with E-state index in [0.29, 0.717) is 17.8 Å². The Bertz CT molecular complexity index is 678. The second-order valence-corrected chi connectivity index (χ2v) is 4.55. The zero-order valence-corrected chi connectivity index (χ0v) is 11.9. The molecular weight excluding hydrogens is 270 g/mol. The number of hydrogen-bond acceptors (Lipinski definition) is 4. The minimum Gasteiger partial charge on any atom is -0.382 e. The lowest BCUT2D eigenvalue weighted by molar-refractivity contribution is 0.0955. The van der Waals surface area contributed by atoms with E-state index in [-0.39, 0.29) is 23.3 Å². The minimum atomic E-state index is -0.340. The molecule has 0 aliphatic carbocycles. The molecule has 0 spiro atoms. The van der Waals surface area contributed by atoms with Crippen molar-refractivity contribution < 1.29 is 9.59 Å². The molecule has 0 fully saturated rings. The number of benzene rings is 1. The van der Waals surface area contributed by atoms with E-state index in [9.17, 15) is 9.59 Å². The highest BCUT2D eigenvalue weighted by Gasteiger charge is 2.12. The third-order valence-corrected chi connectivity index (χ3v) is 2.92. The first-order valence-corrected chi connectivity index (χ1v) is 6.52. The molecule has 2 rings (SSSR count). The Balaban J connectivity index is 2.14. The fraction of sp³-hybridized carbons (Fsp3) is 0.214. The summed E-state index contributed by atoms with van der Waals surface area (Å²) in [6.07, 6.45) is 0. The first kappa shape index (κ1) is 14.6. The molecule has 0 bridgehead atoms. The van der Waals surface area contributed by atoms with Crippen LogP contribution >= 0.6 is 0 Å². The standard InChI is InChI=1S/C14H17N5O2/c1-3-16-13(20)9-4-5-10(8(2)6-9)17-14(21)11-7-12(15)19-18-11/h4-7H,3H2,1-2H3,(H,16,20)(H,17,21)(H3,15,18,19). The molecule has 2 aromatic rings. The number of amides is 2. The number of hydrogen-bond donors (Lipinski definition) is 4. The van der Waals surface area contributed by atoms with Crippen molar-refractivity contribution in [3.05, 3.63) is 41.1 Å². The number of nitrogens with two attached hydrogens (primary N) is 1. The molecule has 1 aromatic carbocycles. The number of H-pyrrole nitrogens is 1. The van der Waals surface area contributed by atoms with E-state index in [4.69, 9.17) is 5.73 Å². The summed E-state index contributed by atoms with van der Waals surface area (Å²) >= 11 is 0. The number of aromatic nitrogens is 2. The molecule has 21 heavy (non-hydrogen) atoms. The summed E-state index contributed by atoms with van der Waals surface area (Å²) < 4.78 is 0. The van der Waals surface area contributed by atoms with E-state index >= 15 is 0 Å². The summed E-state index contributed by atoms with van der Waals surface area (Å²) in [5.74, 6) is -0.226. The normalized spacial score (nSPS) is 10.2. The van der Waals surface area contributed by atoms with E-state index in [2.05, 4.69) is 20.8 Å². The van der Waals surface area contributed by atoms with Gasteiger partial charge in [0, 0.05) is 23.9 Å². The summed E-state index contributed by atoms with van der Waals surface area (Å²) in [5.41, 5.74) is 7.70. The van der Waals surface area contributed by atoms with Crippen molar-refractivity contribution >= 4 is 23.3 Å². The fourth-order valence-electron chi connectivity index (χ4n) is 1.85. The van der Waals surface area contributed by atoms with Crippen LogP contribution < -0.4 is 16.4 Å². The van der Waals surface area contributed by atoms with Gasteiger partial charge in [-0.05, 0) is 37.6 Å². The van der Waals surface area contributed by atoms with Crippen LogP contribution in [-0.4, -0.2) is 28.6 Å². The summed E-state index contributed by atoms with van der Waals surface area (Å²) in [4.78, 5) is 23.7. The molecule has 0 aliphatic rings. The van der Waals surface area contributed by atoms with E-state index in [1.165, 1.54) is 6.07 Å². The molecule has 5 N–H and O–H groups in total. The van der Waals surface area contributed by atoms with Crippen molar-refractivity contribution in [1.82, 2.24) is 15.5 Å². The average Bonchev–Trinajstić information content (AvgIpc) is 2.88. The molecule has 7 heteroatoms. The molecular formula is C14H17N5O2. The zero-order chi connectivity index (χ0) is 15.4. The Kier molecular flexibility index (Phi) is 4.22. The number of aryl methyl sites for hydroxylation is 1. The van der Waals surface area contributed by atoms with Gasteiger partial charge in [-0.2, -0.15) is 5.10 Å². The summed E-state index contributed by atoms with van der Waals surface area (Å²) in [5, 5.41) is 11.7. The number of carbonyl (C=O) groups is 2. The van der Waals surface area contributed by atoms with E-state index in [1.54, 1.807) is 18.2 Å². The van der Waals surface area contributed by atoms with Crippen LogP contribution in [0.4, 0.5) is 11.5 Å². The van der Waals surface area contributed by atoms with Crippen LogP contribution in [0.1, 0.15) is 33.3 Å². The maximum absolute atomic E-state index is 12.0. The molecule has 0 unspecified atom stereocenters. The fourth-order valence-corrected chi connectivity index (χ4v) is 1.85. The zero-order valence-electron chi connectivity index (χ0n) is 11.9. The Morgan fingerprint density at radius 1 is 1.29 bits per heavy atom.